The monoisotopic (exact) mass is 434 g/mol. The van der Waals surface area contributed by atoms with Crippen LogP contribution in [0, 0.1) is 11.3 Å². The van der Waals surface area contributed by atoms with Gasteiger partial charge in [-0.3, -0.25) is 0 Å². The van der Waals surface area contributed by atoms with Crippen LogP contribution in [0.2, 0.25) is 0 Å². The number of benzene rings is 2. The van der Waals surface area contributed by atoms with E-state index in [2.05, 4.69) is 23.3 Å². The van der Waals surface area contributed by atoms with E-state index in [0.717, 1.165) is 36.1 Å². The number of nitrogens with two attached hydrogens (primary N) is 1. The molecule has 0 saturated carbocycles. The molecule has 0 spiro atoms. The van der Waals surface area contributed by atoms with Crippen molar-refractivity contribution in [2.45, 2.75) is 26.3 Å². The number of nitriles is 1. The summed E-state index contributed by atoms with van der Waals surface area (Å²) in [6, 6.07) is 17.9. The number of rotatable bonds is 6. The zero-order valence-electron chi connectivity index (χ0n) is 13.8. The predicted octanol–water partition coefficient (Wildman–Crippen LogP) is 4.05. The Morgan fingerprint density at radius 2 is 1.88 bits per heavy atom. The van der Waals surface area contributed by atoms with Gasteiger partial charge in [0, 0.05) is 6.54 Å². The number of unbranched alkanes of at least 4 members (excludes halogenated alkanes) is 1. The first kappa shape index (κ1) is 20.0. The van der Waals surface area contributed by atoms with Crippen molar-refractivity contribution in [1.29, 1.82) is 5.26 Å². The predicted molar refractivity (Wildman–Crippen MR) is 110 cm³/mol. The Morgan fingerprint density at radius 3 is 2.54 bits per heavy atom. The van der Waals surface area contributed by atoms with Gasteiger partial charge in [-0.2, -0.15) is 5.26 Å². The van der Waals surface area contributed by atoms with Gasteiger partial charge < -0.3 is 11.1 Å². The second-order valence-corrected chi connectivity index (χ2v) is 5.34. The zero-order valence-corrected chi connectivity index (χ0v) is 16.2. The Bertz CT molecular complexity index is 702. The van der Waals surface area contributed by atoms with Gasteiger partial charge in [0.2, 0.25) is 0 Å². The lowest BCUT2D eigenvalue weighted by atomic mass is 9.99. The first-order valence-electron chi connectivity index (χ1n) is 7.87. The molecule has 126 valence electrons. The molecule has 0 amide bonds. The lowest BCUT2D eigenvalue weighted by molar-refractivity contribution is 0.748. The topological polar surface area (TPSA) is 74.2 Å². The molecule has 0 aromatic heterocycles. The smallest absolute Gasteiger partial charge is 0.188 e. The van der Waals surface area contributed by atoms with Gasteiger partial charge in [-0.05, 0) is 29.2 Å². The van der Waals surface area contributed by atoms with Gasteiger partial charge in [-0.1, -0.05) is 55.8 Å². The molecule has 0 atom stereocenters. The summed E-state index contributed by atoms with van der Waals surface area (Å²) >= 11 is 0. The summed E-state index contributed by atoms with van der Waals surface area (Å²) in [5, 5.41) is 12.3. The van der Waals surface area contributed by atoms with Crippen LogP contribution in [-0.2, 0) is 6.54 Å². The van der Waals surface area contributed by atoms with E-state index < -0.39 is 0 Å². The van der Waals surface area contributed by atoms with Crippen molar-refractivity contribution < 1.29 is 0 Å². The highest BCUT2D eigenvalue weighted by atomic mass is 127. The normalized spacial score (nSPS) is 10.6. The highest BCUT2D eigenvalue weighted by Gasteiger charge is 2.03. The summed E-state index contributed by atoms with van der Waals surface area (Å²) < 4.78 is 0. The van der Waals surface area contributed by atoms with E-state index in [0.29, 0.717) is 18.1 Å². The minimum Gasteiger partial charge on any atom is -0.370 e. The maximum Gasteiger partial charge on any atom is 0.188 e. The lowest BCUT2D eigenvalue weighted by Crippen LogP contribution is -2.32. The Morgan fingerprint density at radius 1 is 1.17 bits per heavy atom. The van der Waals surface area contributed by atoms with Crippen molar-refractivity contribution in [3.8, 4) is 17.2 Å². The molecule has 4 nitrogen and oxygen atoms in total. The quantitative estimate of drug-likeness (QED) is 0.312. The highest BCUT2D eigenvalue weighted by Crippen LogP contribution is 2.23. The first-order chi connectivity index (χ1) is 11.2. The first-order valence-corrected chi connectivity index (χ1v) is 7.87. The minimum atomic E-state index is 0. The van der Waals surface area contributed by atoms with Crippen molar-refractivity contribution in [2.75, 3.05) is 6.54 Å². The van der Waals surface area contributed by atoms with Gasteiger partial charge in [0.15, 0.2) is 5.96 Å². The number of hydrogen-bond acceptors (Lipinski definition) is 2. The van der Waals surface area contributed by atoms with Gasteiger partial charge in [-0.15, -0.1) is 24.0 Å². The Balaban J connectivity index is 0.00000288. The van der Waals surface area contributed by atoms with Crippen molar-refractivity contribution >= 4 is 29.9 Å². The minimum absolute atomic E-state index is 0. The molecule has 2 aromatic carbocycles. The van der Waals surface area contributed by atoms with Gasteiger partial charge in [0.1, 0.15) is 0 Å². The van der Waals surface area contributed by atoms with E-state index in [1.807, 2.05) is 48.5 Å². The zero-order chi connectivity index (χ0) is 16.5. The number of hydrogen-bond donors (Lipinski definition) is 2. The summed E-state index contributed by atoms with van der Waals surface area (Å²) in [4.78, 5) is 4.33. The molecule has 5 heteroatoms. The molecular weight excluding hydrogens is 411 g/mol. The molecular formula is C19H23IN4. The van der Waals surface area contributed by atoms with E-state index in [-0.39, 0.29) is 24.0 Å². The van der Waals surface area contributed by atoms with Crippen LogP contribution in [0.1, 0.15) is 30.9 Å². The molecule has 2 aromatic rings. The molecule has 0 aliphatic heterocycles. The second-order valence-electron chi connectivity index (χ2n) is 5.34. The van der Waals surface area contributed by atoms with Crippen molar-refractivity contribution in [1.82, 2.24) is 5.32 Å². The highest BCUT2D eigenvalue weighted by molar-refractivity contribution is 14.0. The van der Waals surface area contributed by atoms with Crippen LogP contribution in [0.25, 0.3) is 11.1 Å². The maximum atomic E-state index is 9.18. The third-order valence-corrected chi connectivity index (χ3v) is 3.58. The van der Waals surface area contributed by atoms with Gasteiger partial charge in [-0.25, -0.2) is 4.99 Å². The SMILES string of the molecule is CCCCNC(N)=NCc1ccc(-c2ccccc2C#N)cc1.I. The molecule has 0 heterocycles. The average Bonchev–Trinajstić information content (AvgIpc) is 2.60. The summed E-state index contributed by atoms with van der Waals surface area (Å²) in [6.07, 6.45) is 2.22. The van der Waals surface area contributed by atoms with Gasteiger partial charge in [0.05, 0.1) is 18.2 Å². The van der Waals surface area contributed by atoms with Crippen molar-refractivity contribution in [2.24, 2.45) is 10.7 Å². The molecule has 0 aliphatic carbocycles. The van der Waals surface area contributed by atoms with Gasteiger partial charge >= 0.3 is 0 Å². The maximum absolute atomic E-state index is 9.18. The van der Waals surface area contributed by atoms with Crippen LogP contribution < -0.4 is 11.1 Å². The third-order valence-electron chi connectivity index (χ3n) is 3.58. The standard InChI is InChI=1S/C19H22N4.HI/c1-2-3-12-22-19(21)23-14-15-8-10-16(11-9-15)18-7-5-4-6-17(18)13-20;/h4-11H,2-3,12,14H2,1H3,(H3,21,22,23);1H. The van der Waals surface area contributed by atoms with E-state index in [9.17, 15) is 5.26 Å². The summed E-state index contributed by atoms with van der Waals surface area (Å²) in [5.74, 6) is 0.484. The van der Waals surface area contributed by atoms with Gasteiger partial charge in [0.25, 0.3) is 0 Å². The molecule has 3 N–H and O–H groups in total. The number of aliphatic imine (C=N–C) groups is 1. The molecule has 0 aliphatic rings. The van der Waals surface area contributed by atoms with Crippen LogP contribution >= 0.6 is 24.0 Å². The molecule has 2 rings (SSSR count). The molecule has 0 radical (unpaired) electrons. The summed E-state index contributed by atoms with van der Waals surface area (Å²) in [7, 11) is 0. The van der Waals surface area contributed by atoms with E-state index in [1.54, 1.807) is 0 Å². The van der Waals surface area contributed by atoms with Crippen LogP contribution in [0.3, 0.4) is 0 Å². The second kappa shape index (κ2) is 10.7. The number of nitrogens with one attached hydrogen (secondary N) is 1. The summed E-state index contributed by atoms with van der Waals surface area (Å²) in [6.45, 7) is 3.54. The van der Waals surface area contributed by atoms with E-state index in [1.165, 1.54) is 0 Å². The Hall–Kier alpha value is -2.07. The van der Waals surface area contributed by atoms with Crippen molar-refractivity contribution in [3.63, 3.8) is 0 Å². The molecule has 24 heavy (non-hydrogen) atoms. The Kier molecular flexibility index (Phi) is 8.87. The van der Waals surface area contributed by atoms with Crippen LogP contribution in [0.4, 0.5) is 0 Å². The fraction of sp³-hybridized carbons (Fsp3) is 0.263. The molecule has 0 unspecified atom stereocenters. The molecule has 0 fully saturated rings. The fourth-order valence-corrected chi connectivity index (χ4v) is 2.25. The van der Waals surface area contributed by atoms with Crippen molar-refractivity contribution in [3.05, 3.63) is 59.7 Å². The van der Waals surface area contributed by atoms with Crippen LogP contribution in [0.15, 0.2) is 53.5 Å². The third kappa shape index (κ3) is 5.85. The average molecular weight is 434 g/mol. The number of nitrogens with zero attached hydrogens (tertiary/aromatic N) is 2. The molecule has 0 bridgehead atoms. The fourth-order valence-electron chi connectivity index (χ4n) is 2.25. The number of guanidine groups is 1. The van der Waals surface area contributed by atoms with Crippen LogP contribution in [-0.4, -0.2) is 12.5 Å². The number of halogens is 1. The largest absolute Gasteiger partial charge is 0.370 e. The summed E-state index contributed by atoms with van der Waals surface area (Å²) in [5.41, 5.74) is 9.57. The van der Waals surface area contributed by atoms with E-state index >= 15 is 0 Å². The lowest BCUT2D eigenvalue weighted by Gasteiger charge is -2.06. The molecule has 0 saturated heterocycles. The van der Waals surface area contributed by atoms with E-state index in [4.69, 9.17) is 5.73 Å². The van der Waals surface area contributed by atoms with Crippen LogP contribution in [0.5, 0.6) is 0 Å². The Labute approximate surface area is 160 Å².